The zero-order valence-corrected chi connectivity index (χ0v) is 15.9. The van der Waals surface area contributed by atoms with Crippen molar-refractivity contribution in [2.75, 3.05) is 6.61 Å². The van der Waals surface area contributed by atoms with Gasteiger partial charge in [-0.3, -0.25) is 4.79 Å². The maximum atomic E-state index is 12.5. The number of carbonyl (C=O) groups is 1. The molecule has 0 N–H and O–H groups in total. The molecule has 3 aromatic carbocycles. The number of Topliss-reactive ketones (excluding diaryl/α,β-unsaturated/α-hetero) is 1. The van der Waals surface area contributed by atoms with E-state index in [9.17, 15) is 9.59 Å². The van der Waals surface area contributed by atoms with E-state index >= 15 is 0 Å². The van der Waals surface area contributed by atoms with Crippen LogP contribution in [0.3, 0.4) is 0 Å². The minimum absolute atomic E-state index is 0.0463. The average Bonchev–Trinajstić information content (AvgIpc) is 2.78. The van der Waals surface area contributed by atoms with Crippen LogP contribution in [0.2, 0.25) is 0 Å². The van der Waals surface area contributed by atoms with Crippen molar-refractivity contribution in [3.05, 3.63) is 87.8 Å². The second-order valence-electron chi connectivity index (χ2n) is 7.43. The van der Waals surface area contributed by atoms with Crippen molar-refractivity contribution >= 4 is 27.5 Å². The topological polar surface area (TPSA) is 56.5 Å². The molecule has 1 aliphatic rings. The second-order valence-corrected chi connectivity index (χ2v) is 7.43. The van der Waals surface area contributed by atoms with Crippen molar-refractivity contribution in [2.45, 2.75) is 25.7 Å². The van der Waals surface area contributed by atoms with Crippen LogP contribution < -0.4 is 10.4 Å². The zero-order valence-electron chi connectivity index (χ0n) is 15.9. The minimum atomic E-state index is -0.231. The Morgan fingerprint density at radius 3 is 2.41 bits per heavy atom. The predicted octanol–water partition coefficient (Wildman–Crippen LogP) is 5.09. The van der Waals surface area contributed by atoms with Crippen molar-refractivity contribution in [1.29, 1.82) is 0 Å². The lowest BCUT2D eigenvalue weighted by Crippen LogP contribution is -2.15. The smallest absolute Gasteiger partial charge is 0.339 e. The molecule has 0 saturated heterocycles. The average molecular weight is 384 g/mol. The van der Waals surface area contributed by atoms with Gasteiger partial charge in [0.25, 0.3) is 0 Å². The highest BCUT2D eigenvalue weighted by molar-refractivity contribution is 6.07. The van der Waals surface area contributed by atoms with Gasteiger partial charge in [0.05, 0.1) is 0 Å². The molecule has 0 saturated carbocycles. The van der Waals surface area contributed by atoms with Crippen molar-refractivity contribution in [3.63, 3.8) is 0 Å². The Hall–Kier alpha value is -3.40. The summed E-state index contributed by atoms with van der Waals surface area (Å²) in [6, 6.07) is 18.7. The van der Waals surface area contributed by atoms with Crippen molar-refractivity contribution in [1.82, 2.24) is 0 Å². The summed E-state index contributed by atoms with van der Waals surface area (Å²) in [6.07, 6.45) is 3.82. The molecule has 1 aromatic heterocycles. The molecule has 144 valence electrons. The highest BCUT2D eigenvalue weighted by Crippen LogP contribution is 2.35. The van der Waals surface area contributed by atoms with Crippen molar-refractivity contribution in [3.8, 4) is 5.75 Å². The summed E-state index contributed by atoms with van der Waals surface area (Å²) >= 11 is 0. The fraction of sp³-hybridized carbons (Fsp3) is 0.200. The molecule has 0 bridgehead atoms. The second kappa shape index (κ2) is 7.21. The lowest BCUT2D eigenvalue weighted by Gasteiger charge is -2.17. The Morgan fingerprint density at radius 1 is 0.828 bits per heavy atom. The number of hydrogen-bond donors (Lipinski definition) is 0. The maximum absolute atomic E-state index is 12.5. The third-order valence-corrected chi connectivity index (χ3v) is 5.66. The summed E-state index contributed by atoms with van der Waals surface area (Å²) in [5, 5.41) is 2.67. The van der Waals surface area contributed by atoms with Gasteiger partial charge in [0.15, 0.2) is 12.4 Å². The van der Waals surface area contributed by atoms with Gasteiger partial charge < -0.3 is 9.15 Å². The van der Waals surface area contributed by atoms with Gasteiger partial charge in [0.2, 0.25) is 0 Å². The first-order valence-corrected chi connectivity index (χ1v) is 9.94. The third-order valence-electron chi connectivity index (χ3n) is 5.66. The van der Waals surface area contributed by atoms with E-state index in [0.717, 1.165) is 53.0 Å². The molecule has 0 amide bonds. The third kappa shape index (κ3) is 3.11. The number of ketones is 1. The highest BCUT2D eigenvalue weighted by Gasteiger charge is 2.20. The quantitative estimate of drug-likeness (QED) is 0.279. The maximum Gasteiger partial charge on any atom is 0.339 e. The number of fused-ring (bicyclic) bond motifs is 5. The number of carbonyl (C=O) groups excluding carboxylic acids is 1. The fourth-order valence-corrected chi connectivity index (χ4v) is 4.21. The highest BCUT2D eigenvalue weighted by atomic mass is 16.5. The van der Waals surface area contributed by atoms with Crippen LogP contribution in [0, 0.1) is 0 Å². The number of rotatable bonds is 4. The van der Waals surface area contributed by atoms with Gasteiger partial charge in [-0.2, -0.15) is 0 Å². The number of aryl methyl sites for hydroxylation is 1. The molecule has 29 heavy (non-hydrogen) atoms. The van der Waals surface area contributed by atoms with Gasteiger partial charge in [-0.25, -0.2) is 4.79 Å². The largest absolute Gasteiger partial charge is 0.485 e. The van der Waals surface area contributed by atoms with Gasteiger partial charge in [-0.05, 0) is 43.4 Å². The fourth-order valence-electron chi connectivity index (χ4n) is 4.21. The molecular weight excluding hydrogens is 364 g/mol. The van der Waals surface area contributed by atoms with E-state index in [-0.39, 0.29) is 18.0 Å². The van der Waals surface area contributed by atoms with Gasteiger partial charge >= 0.3 is 5.63 Å². The molecule has 0 fully saturated rings. The molecule has 1 heterocycles. The van der Waals surface area contributed by atoms with Gasteiger partial charge in [-0.15, -0.1) is 0 Å². The lowest BCUT2D eigenvalue weighted by atomic mass is 9.90. The standard InChI is InChI=1S/C25H20O4/c26-22(16-7-2-1-3-8-16)15-28-23-12-6-11-19-18(23)13-14-20-17-9-4-5-10-21(17)25(27)29-24(19)20/h1-3,6-8,11-14H,4-5,9-10,15H2. The van der Waals surface area contributed by atoms with Crippen LogP contribution in [0.4, 0.5) is 0 Å². The molecular formula is C25H20O4. The predicted molar refractivity (Wildman–Crippen MR) is 113 cm³/mol. The van der Waals surface area contributed by atoms with Crippen LogP contribution in [0.5, 0.6) is 5.75 Å². The van der Waals surface area contributed by atoms with E-state index in [0.29, 0.717) is 16.9 Å². The molecule has 1 aliphatic carbocycles. The van der Waals surface area contributed by atoms with Crippen LogP contribution in [0.15, 0.2) is 69.9 Å². The molecule has 0 atom stereocenters. The summed E-state index contributed by atoms with van der Waals surface area (Å²) in [4.78, 5) is 24.9. The number of ether oxygens (including phenoxy) is 1. The summed E-state index contributed by atoms with van der Waals surface area (Å²) in [6.45, 7) is -0.0463. The summed E-state index contributed by atoms with van der Waals surface area (Å²) < 4.78 is 11.6. The van der Waals surface area contributed by atoms with E-state index < -0.39 is 0 Å². The monoisotopic (exact) mass is 384 g/mol. The van der Waals surface area contributed by atoms with Crippen LogP contribution in [-0.4, -0.2) is 12.4 Å². The van der Waals surface area contributed by atoms with E-state index in [2.05, 4.69) is 0 Å². The Kier molecular flexibility index (Phi) is 4.39. The van der Waals surface area contributed by atoms with Crippen LogP contribution in [0.25, 0.3) is 21.7 Å². The Bertz CT molecular complexity index is 1290. The summed E-state index contributed by atoms with van der Waals surface area (Å²) in [5.41, 5.74) is 2.94. The van der Waals surface area contributed by atoms with E-state index in [1.54, 1.807) is 12.1 Å². The Balaban J connectivity index is 1.56. The van der Waals surface area contributed by atoms with Gasteiger partial charge in [0.1, 0.15) is 11.3 Å². The molecule has 0 spiro atoms. The van der Waals surface area contributed by atoms with Crippen molar-refractivity contribution < 1.29 is 13.9 Å². The number of hydrogen-bond acceptors (Lipinski definition) is 4. The molecule has 4 aromatic rings. The molecule has 0 aliphatic heterocycles. The summed E-state index contributed by atoms with van der Waals surface area (Å²) in [5.74, 6) is 0.526. The first kappa shape index (κ1) is 17.7. The van der Waals surface area contributed by atoms with Crippen LogP contribution in [0.1, 0.15) is 34.3 Å². The molecule has 4 heteroatoms. The summed E-state index contributed by atoms with van der Waals surface area (Å²) in [7, 11) is 0. The van der Waals surface area contributed by atoms with E-state index in [1.165, 1.54) is 0 Å². The zero-order chi connectivity index (χ0) is 19.8. The molecule has 0 radical (unpaired) electrons. The van der Waals surface area contributed by atoms with E-state index in [1.807, 2.05) is 48.5 Å². The normalized spacial score (nSPS) is 13.4. The van der Waals surface area contributed by atoms with E-state index in [4.69, 9.17) is 9.15 Å². The molecule has 0 unspecified atom stereocenters. The SMILES string of the molecule is O=C(COc1cccc2c1ccc1c3c(c(=O)oc12)CCCC3)c1ccccc1. The van der Waals surface area contributed by atoms with Gasteiger partial charge in [-0.1, -0.05) is 48.5 Å². The minimum Gasteiger partial charge on any atom is -0.485 e. The van der Waals surface area contributed by atoms with Crippen LogP contribution in [-0.2, 0) is 12.8 Å². The Labute approximate surface area is 167 Å². The first-order chi connectivity index (χ1) is 14.2. The van der Waals surface area contributed by atoms with Crippen molar-refractivity contribution in [2.24, 2.45) is 0 Å². The Morgan fingerprint density at radius 2 is 1.59 bits per heavy atom. The molecule has 5 rings (SSSR count). The number of benzene rings is 3. The lowest BCUT2D eigenvalue weighted by molar-refractivity contribution is 0.0922. The van der Waals surface area contributed by atoms with Crippen LogP contribution >= 0.6 is 0 Å². The molecule has 4 nitrogen and oxygen atoms in total. The van der Waals surface area contributed by atoms with Gasteiger partial charge in [0, 0.05) is 27.3 Å². The first-order valence-electron chi connectivity index (χ1n) is 9.94.